The second-order valence-corrected chi connectivity index (χ2v) is 23.4. The van der Waals surface area contributed by atoms with E-state index in [0.717, 1.165) is 11.4 Å². The number of aliphatic imine (C=N–C) groups is 2. The number of pyridine rings is 2. The van der Waals surface area contributed by atoms with E-state index in [9.17, 15) is 43.2 Å². The summed E-state index contributed by atoms with van der Waals surface area (Å²) in [5, 5.41) is 51.1. The molecule has 524 valence electrons. The van der Waals surface area contributed by atoms with E-state index >= 15 is 0 Å². The van der Waals surface area contributed by atoms with E-state index in [2.05, 4.69) is 34.1 Å². The van der Waals surface area contributed by atoms with Crippen molar-refractivity contribution in [1.82, 2.24) is 29.1 Å². The lowest BCUT2D eigenvalue weighted by Gasteiger charge is -2.17. The molecule has 4 aliphatic rings. The van der Waals surface area contributed by atoms with Crippen molar-refractivity contribution in [2.75, 3.05) is 20.8 Å². The van der Waals surface area contributed by atoms with Gasteiger partial charge in [-0.3, -0.25) is 53.1 Å². The minimum Gasteiger partial charge on any atom is -0.479 e. The summed E-state index contributed by atoms with van der Waals surface area (Å²) in [6.45, 7) is 7.13. The van der Waals surface area contributed by atoms with Crippen molar-refractivity contribution in [1.29, 1.82) is 0 Å². The Morgan fingerprint density at radius 2 is 0.959 bits per heavy atom. The van der Waals surface area contributed by atoms with Gasteiger partial charge in [0.1, 0.15) is 23.7 Å². The maximum atomic E-state index is 12.7. The molecule has 6 heterocycles. The predicted octanol–water partition coefficient (Wildman–Crippen LogP) is 7.33. The molecule has 36 heteroatoms. The lowest BCUT2D eigenvalue weighted by molar-refractivity contribution is -0.187. The van der Waals surface area contributed by atoms with Crippen LogP contribution in [0.2, 0.25) is 30.1 Å². The highest BCUT2D eigenvalue weighted by atomic mass is 35.5. The first-order valence-electron chi connectivity index (χ1n) is 29.0. The van der Waals surface area contributed by atoms with E-state index in [-0.39, 0.29) is 74.7 Å². The number of carbonyl (C=O) groups is 9. The van der Waals surface area contributed by atoms with Crippen molar-refractivity contribution in [3.05, 3.63) is 149 Å². The Kier molecular flexibility index (Phi) is 28.1. The number of aliphatic carboxylic acids is 2. The molecule has 2 aliphatic carbocycles. The maximum Gasteiger partial charge on any atom is 0.350 e. The van der Waals surface area contributed by atoms with E-state index < -0.39 is 83.9 Å². The number of methoxy groups -OCH3 is 2. The number of aryl methyl sites for hydroxylation is 2. The Morgan fingerprint density at radius 1 is 0.592 bits per heavy atom. The fourth-order valence-corrected chi connectivity index (χ4v) is 10.7. The number of aliphatic hydroxyl groups is 4. The van der Waals surface area contributed by atoms with Gasteiger partial charge in [0, 0.05) is 92.8 Å². The van der Waals surface area contributed by atoms with Crippen molar-refractivity contribution in [3.63, 3.8) is 0 Å². The molecular weight excluding hydrogens is 1420 g/mol. The fraction of sp³-hybridized carbons (Fsp3) is 0.371. The Morgan fingerprint density at radius 3 is 1.23 bits per heavy atom. The number of hydrogen-bond acceptors (Lipinski definition) is 26. The van der Waals surface area contributed by atoms with Crippen LogP contribution in [0.1, 0.15) is 123 Å². The number of ether oxygens (including phenoxy) is 7. The molecule has 6 aromatic rings. The fourth-order valence-electron chi connectivity index (χ4n) is 9.35. The summed E-state index contributed by atoms with van der Waals surface area (Å²) in [6, 6.07) is 13.3. The number of rotatable bonds is 21. The SMILES string of the molecule is CCOC(C)=O.COC(=O)C1(OC(=O)CC[C@@H]2N=C(c3ccccn3)c3cc(Cl)c(Cl)c(Cl)c3-n3c(C)cnc32)CC1.COC(=O)C1(OC(=O)CC[C@@H]2N=C(c3ccccn3)c3cc(Cl)c(Cl)c(Cl)c3-n3c(C)cnc32)CC1.O=COC(O)C(O)C(=O)O.O=COC(O)C(O)C(=O)O. The van der Waals surface area contributed by atoms with Crippen LogP contribution in [0.4, 0.5) is 0 Å². The van der Waals surface area contributed by atoms with Crippen LogP contribution in [0.3, 0.4) is 0 Å². The van der Waals surface area contributed by atoms with Crippen molar-refractivity contribution < 1.29 is 107 Å². The topological polar surface area (TPSA) is 426 Å². The highest BCUT2D eigenvalue weighted by Gasteiger charge is 2.56. The average Bonchev–Trinajstić information content (AvgIpc) is 1.56. The first-order valence-corrected chi connectivity index (χ1v) is 31.3. The molecule has 4 unspecified atom stereocenters. The van der Waals surface area contributed by atoms with E-state index in [1.165, 1.54) is 21.1 Å². The number of carboxylic acids is 2. The number of halogens is 6. The minimum atomic E-state index is -2.09. The smallest absolute Gasteiger partial charge is 0.350 e. The van der Waals surface area contributed by atoms with E-state index in [4.69, 9.17) is 129 Å². The largest absolute Gasteiger partial charge is 0.479 e. The normalized spacial score (nSPS) is 16.4. The van der Waals surface area contributed by atoms with Crippen molar-refractivity contribution in [3.8, 4) is 11.4 Å². The van der Waals surface area contributed by atoms with Gasteiger partial charge in [0.05, 0.1) is 85.1 Å². The molecule has 2 fully saturated rings. The number of hydrogen-bond donors (Lipinski definition) is 6. The number of fused-ring (bicyclic) bond motifs is 6. The third-order valence-electron chi connectivity index (χ3n) is 14.3. The zero-order valence-corrected chi connectivity index (χ0v) is 57.0. The maximum absolute atomic E-state index is 12.7. The number of nitrogens with zero attached hydrogens (tertiary/aromatic N) is 8. The highest BCUT2D eigenvalue weighted by molar-refractivity contribution is 6.50. The second kappa shape index (κ2) is 35.2. The molecule has 4 aromatic heterocycles. The zero-order valence-electron chi connectivity index (χ0n) is 52.5. The monoisotopic (exact) mass is 1480 g/mol. The van der Waals surface area contributed by atoms with Gasteiger partial charge in [-0.2, -0.15) is 0 Å². The van der Waals surface area contributed by atoms with E-state index in [1.54, 1.807) is 56.0 Å². The van der Waals surface area contributed by atoms with Crippen LogP contribution in [0.15, 0.2) is 83.3 Å². The molecule has 0 spiro atoms. The quantitative estimate of drug-likeness (QED) is 0.0135. The van der Waals surface area contributed by atoms with E-state index in [1.807, 2.05) is 47.2 Å². The third-order valence-corrected chi connectivity index (χ3v) is 16.8. The van der Waals surface area contributed by atoms with Crippen LogP contribution in [-0.2, 0) is 76.3 Å². The van der Waals surface area contributed by atoms with Gasteiger partial charge in [-0.25, -0.2) is 29.1 Å². The van der Waals surface area contributed by atoms with Gasteiger partial charge >= 0.3 is 41.8 Å². The molecule has 6 atom stereocenters. The summed E-state index contributed by atoms with van der Waals surface area (Å²) in [5.41, 5.74) is 4.04. The van der Waals surface area contributed by atoms with Crippen LogP contribution >= 0.6 is 69.6 Å². The van der Waals surface area contributed by atoms with Gasteiger partial charge in [0.2, 0.25) is 36.0 Å². The average molecular weight is 1480 g/mol. The van der Waals surface area contributed by atoms with Gasteiger partial charge in [-0.05, 0) is 70.0 Å². The molecular formula is C62H62Cl6N8O22. The molecule has 0 radical (unpaired) electrons. The summed E-state index contributed by atoms with van der Waals surface area (Å²) in [4.78, 5) is 126. The van der Waals surface area contributed by atoms with Crippen LogP contribution in [0.25, 0.3) is 11.4 Å². The molecule has 98 heavy (non-hydrogen) atoms. The molecule has 2 saturated carbocycles. The van der Waals surface area contributed by atoms with Crippen LogP contribution < -0.4 is 0 Å². The summed E-state index contributed by atoms with van der Waals surface area (Å²) in [6.07, 6.45) is 0.949. The van der Waals surface area contributed by atoms with Crippen LogP contribution in [-0.4, -0.2) is 183 Å². The lowest BCUT2D eigenvalue weighted by Crippen LogP contribution is -2.35. The van der Waals surface area contributed by atoms with Gasteiger partial charge < -0.3 is 63.8 Å². The molecule has 0 bridgehead atoms. The molecule has 10 rings (SSSR count). The Hall–Kier alpha value is -8.69. The minimum absolute atomic E-state index is 0.0138. The lowest BCUT2D eigenvalue weighted by atomic mass is 10.0. The van der Waals surface area contributed by atoms with Crippen molar-refractivity contribution in [2.24, 2.45) is 9.98 Å². The second-order valence-electron chi connectivity index (χ2n) is 21.1. The Bertz CT molecular complexity index is 3750. The van der Waals surface area contributed by atoms with Gasteiger partial charge in [-0.1, -0.05) is 81.7 Å². The molecule has 2 aromatic carbocycles. The molecule has 6 N–H and O–H groups in total. The number of aliphatic hydroxyl groups excluding tert-OH is 4. The number of imidazole rings is 2. The van der Waals surface area contributed by atoms with Crippen molar-refractivity contribution >= 4 is 136 Å². The summed E-state index contributed by atoms with van der Waals surface area (Å²) in [7, 11) is 2.55. The number of carboxylic acid groups (broad SMARTS) is 2. The van der Waals surface area contributed by atoms with Crippen LogP contribution in [0, 0.1) is 13.8 Å². The standard InChI is InChI=1S/2C25H21Cl3N4O4.2C4H6O6.C4H8O2/c2*1-13-12-30-23-17(6-7-18(33)36-25(8-9-25)24(34)35-2)31-21(16-5-3-4-10-29-16)14-11-15(26)19(27)20(28)22(14)32(13)23;2*5-1-10-4(9)2(6)3(7)8;1-3-6-4(2)5/h2*3-5,10-12,17H,6-9H2,1-2H3;2*1-2,4,6,9H,(H,7,8);3H2,1-2H3/t2*17-;;;/m00.../s1. The first-order chi connectivity index (χ1) is 46.5. The number of carbonyl (C=O) groups excluding carboxylic acids is 7. The van der Waals surface area contributed by atoms with Crippen LogP contribution in [0.5, 0.6) is 0 Å². The third kappa shape index (κ3) is 19.1. The van der Waals surface area contributed by atoms with Gasteiger partial charge in [0.15, 0.2) is 0 Å². The highest BCUT2D eigenvalue weighted by Crippen LogP contribution is 2.46. The Balaban J connectivity index is 0.000000228. The molecule has 0 amide bonds. The summed E-state index contributed by atoms with van der Waals surface area (Å²) < 4.78 is 36.1. The summed E-state index contributed by atoms with van der Waals surface area (Å²) >= 11 is 39.2. The van der Waals surface area contributed by atoms with Crippen molar-refractivity contribution in [2.45, 2.75) is 127 Å². The zero-order chi connectivity index (χ0) is 72.5. The molecule has 2 aliphatic heterocycles. The molecule has 30 nitrogen and oxygen atoms in total. The molecule has 0 saturated heterocycles. The number of aromatic nitrogens is 6. The van der Waals surface area contributed by atoms with E-state index in [0.29, 0.717) is 89.3 Å². The van der Waals surface area contributed by atoms with Gasteiger partial charge in [0.25, 0.3) is 12.9 Å². The number of esters is 5. The Labute approximate surface area is 586 Å². The number of benzene rings is 2. The van der Waals surface area contributed by atoms with Gasteiger partial charge in [-0.15, -0.1) is 0 Å². The summed E-state index contributed by atoms with van der Waals surface area (Å²) in [5.74, 6) is -4.44. The first kappa shape index (κ1) is 78.3. The predicted molar refractivity (Wildman–Crippen MR) is 346 cm³/mol.